The fourth-order valence-corrected chi connectivity index (χ4v) is 2.56. The molecule has 3 heteroatoms. The molecule has 0 saturated heterocycles. The van der Waals surface area contributed by atoms with Crippen LogP contribution in [-0.2, 0) is 17.2 Å². The van der Waals surface area contributed by atoms with E-state index in [0.717, 1.165) is 28.5 Å². The zero-order valence-electron chi connectivity index (χ0n) is 6.33. The summed E-state index contributed by atoms with van der Waals surface area (Å²) in [7, 11) is -0.819. The van der Waals surface area contributed by atoms with Gasteiger partial charge in [0, 0.05) is 11.4 Å². The quantitative estimate of drug-likeness (QED) is 0.578. The number of aromatic nitrogens is 1. The maximum atomic E-state index is 11.3. The predicted octanol–water partition coefficient (Wildman–Crippen LogP) is 1.05. The summed E-state index contributed by atoms with van der Waals surface area (Å²) in [5.74, 6) is 0.756. The van der Waals surface area contributed by atoms with Gasteiger partial charge in [-0.2, -0.15) is 0 Å². The Kier molecular flexibility index (Phi) is 1.53. The highest BCUT2D eigenvalue weighted by atomic mass is 32.2. The van der Waals surface area contributed by atoms with E-state index in [4.69, 9.17) is 0 Å². The number of aryl methyl sites for hydroxylation is 2. The molecule has 0 fully saturated rings. The van der Waals surface area contributed by atoms with Crippen molar-refractivity contribution in [3.63, 3.8) is 0 Å². The standard InChI is InChI=1S/C8H9NOS/c1-6-2-3-7-4-5-11(10)8(7)9-6/h2-3H,4-5H2,1H3. The molecule has 11 heavy (non-hydrogen) atoms. The molecule has 0 aliphatic carbocycles. The minimum absolute atomic E-state index is 0.756. The molecule has 0 bridgehead atoms. The first kappa shape index (κ1) is 6.98. The van der Waals surface area contributed by atoms with Crippen molar-refractivity contribution in [3.05, 3.63) is 23.4 Å². The van der Waals surface area contributed by atoms with Gasteiger partial charge in [0.25, 0.3) is 0 Å². The fraction of sp³-hybridized carbons (Fsp3) is 0.375. The van der Waals surface area contributed by atoms with Gasteiger partial charge in [-0.3, -0.25) is 4.21 Å². The zero-order chi connectivity index (χ0) is 7.84. The Morgan fingerprint density at radius 1 is 1.55 bits per heavy atom. The summed E-state index contributed by atoms with van der Waals surface area (Å²) >= 11 is 0. The van der Waals surface area contributed by atoms with Crippen LogP contribution in [0.3, 0.4) is 0 Å². The van der Waals surface area contributed by atoms with Crippen molar-refractivity contribution in [1.29, 1.82) is 0 Å². The van der Waals surface area contributed by atoms with Gasteiger partial charge in [0.2, 0.25) is 0 Å². The highest BCUT2D eigenvalue weighted by molar-refractivity contribution is 7.85. The van der Waals surface area contributed by atoms with E-state index in [1.165, 1.54) is 0 Å². The summed E-state index contributed by atoms with van der Waals surface area (Å²) in [5, 5.41) is 0.810. The molecule has 58 valence electrons. The smallest absolute Gasteiger partial charge is 0.130 e. The Hall–Kier alpha value is -0.700. The Labute approximate surface area is 68.1 Å². The molecule has 0 saturated carbocycles. The number of hydrogen-bond donors (Lipinski definition) is 0. The molecule has 1 atom stereocenters. The van der Waals surface area contributed by atoms with Gasteiger partial charge in [-0.15, -0.1) is 0 Å². The minimum atomic E-state index is -0.819. The van der Waals surface area contributed by atoms with E-state index in [0.29, 0.717) is 0 Å². The lowest BCUT2D eigenvalue weighted by Gasteiger charge is -1.96. The molecule has 1 aliphatic heterocycles. The van der Waals surface area contributed by atoms with Crippen molar-refractivity contribution in [2.75, 3.05) is 5.75 Å². The third-order valence-electron chi connectivity index (χ3n) is 1.85. The van der Waals surface area contributed by atoms with Crippen molar-refractivity contribution in [2.24, 2.45) is 0 Å². The molecule has 0 radical (unpaired) electrons. The van der Waals surface area contributed by atoms with E-state index in [1.807, 2.05) is 19.1 Å². The molecule has 1 aromatic rings. The Bertz CT molecular complexity index is 322. The summed E-state index contributed by atoms with van der Waals surface area (Å²) in [5.41, 5.74) is 2.12. The minimum Gasteiger partial charge on any atom is -0.253 e. The number of rotatable bonds is 0. The molecule has 1 aliphatic rings. The average Bonchev–Trinajstić information content (AvgIpc) is 2.33. The lowest BCUT2D eigenvalue weighted by molar-refractivity contribution is 0.683. The van der Waals surface area contributed by atoms with E-state index < -0.39 is 10.8 Å². The second kappa shape index (κ2) is 2.41. The molecule has 0 aromatic carbocycles. The molecule has 1 unspecified atom stereocenters. The van der Waals surface area contributed by atoms with Gasteiger partial charge in [0.1, 0.15) is 5.03 Å². The lowest BCUT2D eigenvalue weighted by atomic mass is 10.2. The van der Waals surface area contributed by atoms with E-state index in [-0.39, 0.29) is 0 Å². The van der Waals surface area contributed by atoms with Crippen LogP contribution in [0.15, 0.2) is 17.2 Å². The van der Waals surface area contributed by atoms with Crippen LogP contribution < -0.4 is 0 Å². The molecule has 2 rings (SSSR count). The summed E-state index contributed by atoms with van der Waals surface area (Å²) in [6.07, 6.45) is 0.926. The number of nitrogens with zero attached hydrogens (tertiary/aromatic N) is 1. The van der Waals surface area contributed by atoms with Gasteiger partial charge < -0.3 is 0 Å². The van der Waals surface area contributed by atoms with E-state index in [1.54, 1.807) is 0 Å². The molecule has 0 N–H and O–H groups in total. The van der Waals surface area contributed by atoms with Crippen LogP contribution in [0.25, 0.3) is 0 Å². The summed E-state index contributed by atoms with van der Waals surface area (Å²) < 4.78 is 11.3. The van der Waals surface area contributed by atoms with Gasteiger partial charge in [-0.1, -0.05) is 6.07 Å². The van der Waals surface area contributed by atoms with Gasteiger partial charge >= 0.3 is 0 Å². The first-order valence-electron chi connectivity index (χ1n) is 3.62. The zero-order valence-corrected chi connectivity index (χ0v) is 7.15. The van der Waals surface area contributed by atoms with Crippen LogP contribution in [0.4, 0.5) is 0 Å². The summed E-state index contributed by atoms with van der Waals surface area (Å²) in [6, 6.07) is 4.00. The van der Waals surface area contributed by atoms with Crippen LogP contribution in [0.5, 0.6) is 0 Å². The van der Waals surface area contributed by atoms with Crippen LogP contribution in [0.2, 0.25) is 0 Å². The topological polar surface area (TPSA) is 30.0 Å². The summed E-state index contributed by atoms with van der Waals surface area (Å²) in [4.78, 5) is 4.23. The molecule has 1 aromatic heterocycles. The second-order valence-electron chi connectivity index (χ2n) is 2.72. The average molecular weight is 167 g/mol. The van der Waals surface area contributed by atoms with Gasteiger partial charge in [-0.05, 0) is 25.0 Å². The molecule has 0 spiro atoms. The predicted molar refractivity (Wildman–Crippen MR) is 44.0 cm³/mol. The van der Waals surface area contributed by atoms with Gasteiger partial charge in [0.05, 0.1) is 10.8 Å². The fourth-order valence-electron chi connectivity index (χ4n) is 1.25. The third-order valence-corrected chi connectivity index (χ3v) is 3.21. The number of pyridine rings is 1. The molecular weight excluding hydrogens is 158 g/mol. The SMILES string of the molecule is Cc1ccc2c(n1)S(=O)CC2. The van der Waals surface area contributed by atoms with Crippen LogP contribution in [0.1, 0.15) is 11.3 Å². The van der Waals surface area contributed by atoms with Crippen LogP contribution in [-0.4, -0.2) is 14.9 Å². The molecule has 0 amide bonds. The molecule has 2 heterocycles. The normalized spacial score (nSPS) is 21.7. The summed E-state index contributed by atoms with van der Waals surface area (Å²) in [6.45, 7) is 1.93. The largest absolute Gasteiger partial charge is 0.253 e. The lowest BCUT2D eigenvalue weighted by Crippen LogP contribution is -1.92. The Morgan fingerprint density at radius 2 is 2.36 bits per heavy atom. The van der Waals surface area contributed by atoms with Crippen molar-refractivity contribution in [2.45, 2.75) is 18.4 Å². The van der Waals surface area contributed by atoms with Crippen molar-refractivity contribution < 1.29 is 4.21 Å². The van der Waals surface area contributed by atoms with Crippen molar-refractivity contribution >= 4 is 10.8 Å². The third kappa shape index (κ3) is 1.09. The first-order chi connectivity index (χ1) is 5.27. The monoisotopic (exact) mass is 167 g/mol. The van der Waals surface area contributed by atoms with Crippen molar-refractivity contribution in [3.8, 4) is 0 Å². The second-order valence-corrected chi connectivity index (χ2v) is 4.20. The molecular formula is C8H9NOS. The first-order valence-corrected chi connectivity index (χ1v) is 4.94. The van der Waals surface area contributed by atoms with E-state index >= 15 is 0 Å². The van der Waals surface area contributed by atoms with E-state index in [2.05, 4.69) is 4.98 Å². The van der Waals surface area contributed by atoms with Crippen molar-refractivity contribution in [1.82, 2.24) is 4.98 Å². The van der Waals surface area contributed by atoms with Gasteiger partial charge in [-0.25, -0.2) is 4.98 Å². The van der Waals surface area contributed by atoms with Crippen LogP contribution in [0, 0.1) is 6.92 Å². The van der Waals surface area contributed by atoms with Crippen LogP contribution >= 0.6 is 0 Å². The Morgan fingerprint density at radius 3 is 3.18 bits per heavy atom. The van der Waals surface area contributed by atoms with E-state index in [9.17, 15) is 4.21 Å². The van der Waals surface area contributed by atoms with Gasteiger partial charge in [0.15, 0.2) is 0 Å². The molecule has 2 nitrogen and oxygen atoms in total. The maximum Gasteiger partial charge on any atom is 0.130 e. The maximum absolute atomic E-state index is 11.3. The number of fused-ring (bicyclic) bond motifs is 1. The Balaban J connectivity index is 2.60. The highest BCUT2D eigenvalue weighted by Gasteiger charge is 2.18. The number of hydrogen-bond acceptors (Lipinski definition) is 2. The highest BCUT2D eigenvalue weighted by Crippen LogP contribution is 2.20.